The number of aliphatic hydroxyl groups is 1. The first kappa shape index (κ1) is 21.0. The van der Waals surface area contributed by atoms with Crippen LogP contribution < -0.4 is 5.73 Å². The van der Waals surface area contributed by atoms with Crippen molar-refractivity contribution < 1.29 is 15.3 Å². The molecule has 1 fully saturated rings. The first-order valence-electron chi connectivity index (χ1n) is 8.71. The molecule has 0 aliphatic heterocycles. The van der Waals surface area contributed by atoms with Crippen molar-refractivity contribution in [2.75, 3.05) is 7.11 Å². The number of nitrogens with two attached hydrogens (primary N) is 1. The van der Waals surface area contributed by atoms with E-state index in [2.05, 4.69) is 38.1 Å². The third-order valence-corrected chi connectivity index (χ3v) is 4.40. The molecule has 4 heteroatoms. The van der Waals surface area contributed by atoms with Gasteiger partial charge in [0, 0.05) is 19.2 Å². The standard InChI is InChI=1S/C12H17NO2.C8H10.CH4O/c13-9-3-1-8(2-4-9)11-6-5-10(14)7-12(11)15;1-7-4-3-5-8(2)6-7;1-2/h5-9,14-15H,1-4,13H2;3-6H,1-2H3;2H,1H3. The van der Waals surface area contributed by atoms with E-state index in [0.29, 0.717) is 12.0 Å². The number of hydrogen-bond donors (Lipinski definition) is 4. The third kappa shape index (κ3) is 7.16. The molecule has 1 aliphatic carbocycles. The van der Waals surface area contributed by atoms with Crippen LogP contribution in [0.5, 0.6) is 11.5 Å². The van der Waals surface area contributed by atoms with Gasteiger partial charge in [-0.3, -0.25) is 0 Å². The van der Waals surface area contributed by atoms with Gasteiger partial charge in [-0.15, -0.1) is 0 Å². The average Bonchev–Trinajstić information content (AvgIpc) is 2.58. The number of hydrogen-bond acceptors (Lipinski definition) is 4. The molecule has 138 valence electrons. The molecule has 1 saturated carbocycles. The van der Waals surface area contributed by atoms with E-state index >= 15 is 0 Å². The lowest BCUT2D eigenvalue weighted by atomic mass is 9.82. The van der Waals surface area contributed by atoms with E-state index in [0.717, 1.165) is 38.4 Å². The second kappa shape index (κ2) is 10.7. The Morgan fingerprint density at radius 1 is 0.840 bits per heavy atom. The van der Waals surface area contributed by atoms with Crippen LogP contribution in [-0.4, -0.2) is 28.5 Å². The van der Waals surface area contributed by atoms with E-state index in [1.807, 2.05) is 6.07 Å². The summed E-state index contributed by atoms with van der Waals surface area (Å²) in [5, 5.41) is 25.9. The van der Waals surface area contributed by atoms with E-state index in [1.54, 1.807) is 6.07 Å². The van der Waals surface area contributed by atoms with Gasteiger partial charge in [-0.1, -0.05) is 41.5 Å². The Labute approximate surface area is 151 Å². The van der Waals surface area contributed by atoms with Gasteiger partial charge in [0.25, 0.3) is 0 Å². The van der Waals surface area contributed by atoms with Gasteiger partial charge in [-0.2, -0.15) is 0 Å². The molecule has 3 rings (SSSR count). The highest BCUT2D eigenvalue weighted by Gasteiger charge is 2.22. The van der Waals surface area contributed by atoms with Gasteiger partial charge in [-0.05, 0) is 57.1 Å². The first-order valence-corrected chi connectivity index (χ1v) is 8.71. The van der Waals surface area contributed by atoms with Crippen LogP contribution in [0, 0.1) is 13.8 Å². The van der Waals surface area contributed by atoms with Crippen molar-refractivity contribution in [2.24, 2.45) is 5.73 Å². The molecule has 1 aliphatic rings. The molecule has 5 N–H and O–H groups in total. The van der Waals surface area contributed by atoms with Crippen molar-refractivity contribution in [3.05, 3.63) is 59.2 Å². The molecule has 2 aromatic carbocycles. The highest BCUT2D eigenvalue weighted by molar-refractivity contribution is 5.41. The molecule has 0 radical (unpaired) electrons. The zero-order valence-electron chi connectivity index (χ0n) is 15.4. The number of rotatable bonds is 1. The van der Waals surface area contributed by atoms with Gasteiger partial charge in [0.05, 0.1) is 0 Å². The fourth-order valence-corrected chi connectivity index (χ4v) is 3.11. The number of benzene rings is 2. The Balaban J connectivity index is 0.000000264. The van der Waals surface area contributed by atoms with Crippen molar-refractivity contribution in [3.8, 4) is 11.5 Å². The average molecular weight is 345 g/mol. The Morgan fingerprint density at radius 3 is 1.84 bits per heavy atom. The number of aliphatic hydroxyl groups excluding tert-OH is 1. The molecular weight excluding hydrogens is 314 g/mol. The first-order chi connectivity index (χ1) is 12.0. The molecule has 0 spiro atoms. The van der Waals surface area contributed by atoms with Gasteiger partial charge >= 0.3 is 0 Å². The summed E-state index contributed by atoms with van der Waals surface area (Å²) in [6.45, 7) is 4.21. The topological polar surface area (TPSA) is 86.7 Å². The van der Waals surface area contributed by atoms with Crippen molar-refractivity contribution in [1.82, 2.24) is 0 Å². The van der Waals surface area contributed by atoms with E-state index in [1.165, 1.54) is 17.2 Å². The Morgan fingerprint density at radius 2 is 1.40 bits per heavy atom. The maximum absolute atomic E-state index is 9.72. The van der Waals surface area contributed by atoms with Crippen molar-refractivity contribution in [1.29, 1.82) is 0 Å². The van der Waals surface area contributed by atoms with Crippen LogP contribution in [0.2, 0.25) is 0 Å². The van der Waals surface area contributed by atoms with E-state index in [-0.39, 0.29) is 11.5 Å². The molecule has 0 bridgehead atoms. The van der Waals surface area contributed by atoms with E-state index in [4.69, 9.17) is 10.8 Å². The fraction of sp³-hybridized carbons (Fsp3) is 0.429. The van der Waals surface area contributed by atoms with Gasteiger partial charge in [-0.25, -0.2) is 0 Å². The lowest BCUT2D eigenvalue weighted by molar-refractivity contribution is 0.379. The number of phenolic OH excluding ortho intramolecular Hbond substituents is 2. The van der Waals surface area contributed by atoms with Crippen molar-refractivity contribution in [3.63, 3.8) is 0 Å². The van der Waals surface area contributed by atoms with Crippen LogP contribution in [0.25, 0.3) is 0 Å². The molecular formula is C21H31NO3. The SMILES string of the molecule is CO.Cc1cccc(C)c1.NC1CCC(c2ccc(O)cc2O)CC1. The second-order valence-corrected chi connectivity index (χ2v) is 6.51. The van der Waals surface area contributed by atoms with Crippen LogP contribution in [0.3, 0.4) is 0 Å². The van der Waals surface area contributed by atoms with Crippen LogP contribution >= 0.6 is 0 Å². The molecule has 0 heterocycles. The molecule has 0 unspecified atom stereocenters. The normalized spacial score (nSPS) is 19.1. The molecule has 2 aromatic rings. The highest BCUT2D eigenvalue weighted by Crippen LogP contribution is 2.37. The summed E-state index contributed by atoms with van der Waals surface area (Å²) >= 11 is 0. The minimum atomic E-state index is 0.115. The summed E-state index contributed by atoms with van der Waals surface area (Å²) in [7, 11) is 1.00. The quantitative estimate of drug-likeness (QED) is 0.629. The van der Waals surface area contributed by atoms with Crippen LogP contribution in [0.4, 0.5) is 0 Å². The Kier molecular flexibility index (Phi) is 9.03. The maximum Gasteiger partial charge on any atom is 0.122 e. The lowest BCUT2D eigenvalue weighted by Crippen LogP contribution is -2.25. The highest BCUT2D eigenvalue weighted by atomic mass is 16.3. The molecule has 0 saturated heterocycles. The third-order valence-electron chi connectivity index (χ3n) is 4.40. The Bertz CT molecular complexity index is 618. The van der Waals surface area contributed by atoms with E-state index < -0.39 is 0 Å². The van der Waals surface area contributed by atoms with Crippen LogP contribution in [-0.2, 0) is 0 Å². The number of aryl methyl sites for hydroxylation is 2. The number of phenols is 2. The van der Waals surface area contributed by atoms with Crippen LogP contribution in [0.15, 0.2) is 42.5 Å². The largest absolute Gasteiger partial charge is 0.508 e. The van der Waals surface area contributed by atoms with Gasteiger partial charge in [0.2, 0.25) is 0 Å². The molecule has 4 nitrogen and oxygen atoms in total. The minimum Gasteiger partial charge on any atom is -0.508 e. The summed E-state index contributed by atoms with van der Waals surface area (Å²) in [5.74, 6) is 0.713. The zero-order chi connectivity index (χ0) is 18.8. The number of aromatic hydroxyl groups is 2. The summed E-state index contributed by atoms with van der Waals surface area (Å²) < 4.78 is 0. The summed E-state index contributed by atoms with van der Waals surface area (Å²) in [6.07, 6.45) is 4.09. The lowest BCUT2D eigenvalue weighted by Gasteiger charge is -2.26. The minimum absolute atomic E-state index is 0.115. The summed E-state index contributed by atoms with van der Waals surface area (Å²) in [6, 6.07) is 13.6. The molecule has 0 amide bonds. The smallest absolute Gasteiger partial charge is 0.122 e. The molecule has 25 heavy (non-hydrogen) atoms. The monoisotopic (exact) mass is 345 g/mol. The molecule has 0 atom stereocenters. The van der Waals surface area contributed by atoms with Gasteiger partial charge < -0.3 is 21.1 Å². The van der Waals surface area contributed by atoms with Gasteiger partial charge in [0.1, 0.15) is 11.5 Å². The Hall–Kier alpha value is -2.04. The van der Waals surface area contributed by atoms with Gasteiger partial charge in [0.15, 0.2) is 0 Å². The second-order valence-electron chi connectivity index (χ2n) is 6.51. The van der Waals surface area contributed by atoms with Crippen molar-refractivity contribution in [2.45, 2.75) is 51.5 Å². The fourth-order valence-electron chi connectivity index (χ4n) is 3.11. The predicted octanol–water partition coefficient (Wildman–Crippen LogP) is 3.99. The zero-order valence-corrected chi connectivity index (χ0v) is 15.4. The van der Waals surface area contributed by atoms with Crippen LogP contribution in [0.1, 0.15) is 48.3 Å². The summed E-state index contributed by atoms with van der Waals surface area (Å²) in [5.41, 5.74) is 9.45. The predicted molar refractivity (Wildman–Crippen MR) is 103 cm³/mol. The van der Waals surface area contributed by atoms with Crippen molar-refractivity contribution >= 4 is 0 Å². The van der Waals surface area contributed by atoms with E-state index in [9.17, 15) is 10.2 Å². The molecule has 0 aromatic heterocycles. The maximum atomic E-state index is 9.72. The summed E-state index contributed by atoms with van der Waals surface area (Å²) in [4.78, 5) is 0.